The molecule has 0 fully saturated rings. The highest BCUT2D eigenvalue weighted by molar-refractivity contribution is 7.89. The molecule has 0 aliphatic rings. The quantitative estimate of drug-likeness (QED) is 0.602. The van der Waals surface area contributed by atoms with E-state index in [0.717, 1.165) is 0 Å². The van der Waals surface area contributed by atoms with Crippen molar-refractivity contribution in [2.45, 2.75) is 24.2 Å². The van der Waals surface area contributed by atoms with Crippen molar-refractivity contribution in [2.24, 2.45) is 0 Å². The zero-order valence-electron chi connectivity index (χ0n) is 11.1. The molecule has 0 aliphatic carbocycles. The molecule has 0 saturated carbocycles. The summed E-state index contributed by atoms with van der Waals surface area (Å²) in [6.07, 6.45) is 1.38. The number of unbranched alkanes of at least 4 members (excludes halogenated alkanes) is 1. The number of nitriles is 1. The summed E-state index contributed by atoms with van der Waals surface area (Å²) < 4.78 is 30.7. The molecule has 1 rings (SSSR count). The number of esters is 1. The van der Waals surface area contributed by atoms with Gasteiger partial charge in [0.25, 0.3) is 0 Å². The van der Waals surface area contributed by atoms with Gasteiger partial charge in [-0.3, -0.25) is 4.79 Å². The molecule has 1 aromatic carbocycles. The van der Waals surface area contributed by atoms with Crippen LogP contribution in [-0.4, -0.2) is 28.0 Å². The Hall–Kier alpha value is -1.91. The maximum absolute atomic E-state index is 11.9. The van der Waals surface area contributed by atoms with E-state index in [0.29, 0.717) is 18.4 Å². The van der Waals surface area contributed by atoms with E-state index in [-0.39, 0.29) is 23.8 Å². The first-order valence-electron chi connectivity index (χ1n) is 6.06. The fraction of sp³-hybridized carbons (Fsp3) is 0.385. The number of methoxy groups -OCH3 is 1. The second-order valence-corrected chi connectivity index (χ2v) is 5.83. The first-order valence-corrected chi connectivity index (χ1v) is 7.54. The van der Waals surface area contributed by atoms with Crippen LogP contribution < -0.4 is 4.72 Å². The summed E-state index contributed by atoms with van der Waals surface area (Å²) in [4.78, 5) is 11.0. The minimum absolute atomic E-state index is 0.115. The van der Waals surface area contributed by atoms with Gasteiger partial charge in [-0.15, -0.1) is 0 Å². The van der Waals surface area contributed by atoms with Crippen LogP contribution >= 0.6 is 0 Å². The SMILES string of the molecule is COC(=O)CCCCNS(=O)(=O)c1ccc(C#N)cc1. The van der Waals surface area contributed by atoms with Gasteiger partial charge in [0.05, 0.1) is 23.6 Å². The standard InChI is InChI=1S/C13H16N2O4S/c1-19-13(16)4-2-3-9-15-20(17,18)12-7-5-11(10-14)6-8-12/h5-8,15H,2-4,9H2,1H3. The van der Waals surface area contributed by atoms with Crippen molar-refractivity contribution in [3.8, 4) is 6.07 Å². The smallest absolute Gasteiger partial charge is 0.305 e. The number of rotatable bonds is 7. The third kappa shape index (κ3) is 4.99. The number of hydrogen-bond donors (Lipinski definition) is 1. The lowest BCUT2D eigenvalue weighted by atomic mass is 10.2. The van der Waals surface area contributed by atoms with Gasteiger partial charge in [0, 0.05) is 13.0 Å². The van der Waals surface area contributed by atoms with E-state index in [9.17, 15) is 13.2 Å². The zero-order valence-corrected chi connectivity index (χ0v) is 11.9. The molecular formula is C13H16N2O4S. The Morgan fingerprint density at radius 3 is 2.50 bits per heavy atom. The Morgan fingerprint density at radius 2 is 1.95 bits per heavy atom. The molecule has 6 nitrogen and oxygen atoms in total. The number of ether oxygens (including phenoxy) is 1. The summed E-state index contributed by atoms with van der Waals surface area (Å²) in [5.74, 6) is -0.306. The van der Waals surface area contributed by atoms with E-state index in [1.54, 1.807) is 0 Å². The predicted octanol–water partition coefficient (Wildman–Crippen LogP) is 1.18. The van der Waals surface area contributed by atoms with Crippen LogP contribution in [0.4, 0.5) is 0 Å². The van der Waals surface area contributed by atoms with Crippen LogP contribution in [0.3, 0.4) is 0 Å². The van der Waals surface area contributed by atoms with E-state index in [1.807, 2.05) is 6.07 Å². The first-order chi connectivity index (χ1) is 9.49. The maximum Gasteiger partial charge on any atom is 0.305 e. The number of nitrogens with one attached hydrogen (secondary N) is 1. The molecule has 0 radical (unpaired) electrons. The minimum Gasteiger partial charge on any atom is -0.469 e. The molecule has 0 unspecified atom stereocenters. The Balaban J connectivity index is 2.45. The van der Waals surface area contributed by atoms with Gasteiger partial charge in [-0.05, 0) is 37.1 Å². The maximum atomic E-state index is 11.9. The van der Waals surface area contributed by atoms with Crippen molar-refractivity contribution in [3.05, 3.63) is 29.8 Å². The summed E-state index contributed by atoms with van der Waals surface area (Å²) in [5.41, 5.74) is 0.405. The molecular weight excluding hydrogens is 280 g/mol. The topological polar surface area (TPSA) is 96.3 Å². The molecule has 0 aliphatic heterocycles. The van der Waals surface area contributed by atoms with Crippen molar-refractivity contribution < 1.29 is 17.9 Å². The Kier molecular flexibility index (Phi) is 6.15. The van der Waals surface area contributed by atoms with E-state index in [2.05, 4.69) is 9.46 Å². The van der Waals surface area contributed by atoms with E-state index >= 15 is 0 Å². The second-order valence-electron chi connectivity index (χ2n) is 4.07. The van der Waals surface area contributed by atoms with Crippen molar-refractivity contribution in [3.63, 3.8) is 0 Å². The van der Waals surface area contributed by atoms with Gasteiger partial charge in [-0.25, -0.2) is 13.1 Å². The van der Waals surface area contributed by atoms with Crippen LogP contribution in [0.1, 0.15) is 24.8 Å². The van der Waals surface area contributed by atoms with Gasteiger partial charge in [-0.2, -0.15) is 5.26 Å². The van der Waals surface area contributed by atoms with Gasteiger partial charge in [-0.1, -0.05) is 0 Å². The summed E-state index contributed by atoms with van der Waals surface area (Å²) in [5, 5.41) is 8.64. The Bertz CT molecular complexity index is 588. The van der Waals surface area contributed by atoms with E-state index in [1.165, 1.54) is 31.4 Å². The fourth-order valence-corrected chi connectivity index (χ4v) is 2.57. The summed E-state index contributed by atoms with van der Waals surface area (Å²) in [6, 6.07) is 7.59. The zero-order chi connectivity index (χ0) is 15.0. The van der Waals surface area contributed by atoms with Gasteiger partial charge in [0.1, 0.15) is 0 Å². The average molecular weight is 296 g/mol. The third-order valence-electron chi connectivity index (χ3n) is 2.62. The number of carbonyl (C=O) groups excluding carboxylic acids is 1. The van der Waals surface area contributed by atoms with Crippen molar-refractivity contribution in [2.75, 3.05) is 13.7 Å². The molecule has 0 bridgehead atoms. The molecule has 1 aromatic rings. The minimum atomic E-state index is -3.57. The summed E-state index contributed by atoms with van der Waals surface area (Å²) >= 11 is 0. The van der Waals surface area contributed by atoms with Crippen molar-refractivity contribution in [1.82, 2.24) is 4.72 Å². The fourth-order valence-electron chi connectivity index (χ4n) is 1.49. The Labute approximate surface area is 118 Å². The number of sulfonamides is 1. The molecule has 0 atom stereocenters. The molecule has 0 aromatic heterocycles. The largest absolute Gasteiger partial charge is 0.469 e. The molecule has 20 heavy (non-hydrogen) atoms. The lowest BCUT2D eigenvalue weighted by Gasteiger charge is -2.06. The van der Waals surface area contributed by atoms with Crippen molar-refractivity contribution in [1.29, 1.82) is 5.26 Å². The number of hydrogen-bond acceptors (Lipinski definition) is 5. The average Bonchev–Trinajstić information content (AvgIpc) is 2.46. The molecule has 1 N–H and O–H groups in total. The molecule has 0 spiro atoms. The second kappa shape index (κ2) is 7.62. The van der Waals surface area contributed by atoms with Crippen LogP contribution in [0.25, 0.3) is 0 Å². The first kappa shape index (κ1) is 16.1. The summed E-state index contributed by atoms with van der Waals surface area (Å²) in [6.45, 7) is 0.249. The molecule has 108 valence electrons. The lowest BCUT2D eigenvalue weighted by molar-refractivity contribution is -0.140. The van der Waals surface area contributed by atoms with Crippen LogP contribution in [0.2, 0.25) is 0 Å². The lowest BCUT2D eigenvalue weighted by Crippen LogP contribution is -2.24. The highest BCUT2D eigenvalue weighted by atomic mass is 32.2. The van der Waals surface area contributed by atoms with Crippen LogP contribution in [0, 0.1) is 11.3 Å². The number of benzene rings is 1. The highest BCUT2D eigenvalue weighted by Crippen LogP contribution is 2.10. The van der Waals surface area contributed by atoms with Gasteiger partial charge in [0.15, 0.2) is 0 Å². The van der Waals surface area contributed by atoms with Crippen molar-refractivity contribution >= 4 is 16.0 Å². The Morgan fingerprint density at radius 1 is 1.30 bits per heavy atom. The third-order valence-corrected chi connectivity index (χ3v) is 4.10. The van der Waals surface area contributed by atoms with E-state index < -0.39 is 10.0 Å². The normalized spacial score (nSPS) is 10.8. The number of carbonyl (C=O) groups is 1. The van der Waals surface area contributed by atoms with Gasteiger partial charge >= 0.3 is 5.97 Å². The monoisotopic (exact) mass is 296 g/mol. The molecule has 0 saturated heterocycles. The number of nitrogens with zero attached hydrogens (tertiary/aromatic N) is 1. The molecule has 0 amide bonds. The molecule has 0 heterocycles. The summed E-state index contributed by atoms with van der Waals surface area (Å²) in [7, 11) is -2.25. The van der Waals surface area contributed by atoms with Crippen LogP contribution in [0.5, 0.6) is 0 Å². The molecule has 7 heteroatoms. The van der Waals surface area contributed by atoms with Crippen LogP contribution in [0.15, 0.2) is 29.2 Å². The van der Waals surface area contributed by atoms with Crippen LogP contribution in [-0.2, 0) is 19.6 Å². The highest BCUT2D eigenvalue weighted by Gasteiger charge is 2.12. The van der Waals surface area contributed by atoms with Gasteiger partial charge < -0.3 is 4.74 Å². The van der Waals surface area contributed by atoms with E-state index in [4.69, 9.17) is 5.26 Å². The van der Waals surface area contributed by atoms with Gasteiger partial charge in [0.2, 0.25) is 10.0 Å². The predicted molar refractivity (Wildman–Crippen MR) is 72.2 cm³/mol.